The molecular formula is C14H21FN2. The van der Waals surface area contributed by atoms with Crippen LogP contribution in [0.1, 0.15) is 25.3 Å². The molecule has 1 aromatic rings. The molecule has 1 atom stereocenters. The minimum Gasteiger partial charge on any atom is -0.315 e. The summed E-state index contributed by atoms with van der Waals surface area (Å²) >= 11 is 0. The molecule has 1 aliphatic rings. The summed E-state index contributed by atoms with van der Waals surface area (Å²) in [5.74, 6) is -0.153. The molecule has 2 rings (SSSR count). The predicted octanol–water partition coefficient (Wildman–Crippen LogP) is 2.40. The quantitative estimate of drug-likeness (QED) is 0.844. The number of nitrogens with zero attached hydrogens (tertiary/aromatic N) is 1. The highest BCUT2D eigenvalue weighted by Crippen LogP contribution is 2.19. The molecule has 1 N–H and O–H groups in total. The van der Waals surface area contributed by atoms with E-state index in [9.17, 15) is 4.39 Å². The minimum absolute atomic E-state index is 0.153. The summed E-state index contributed by atoms with van der Waals surface area (Å²) < 4.78 is 12.8. The van der Waals surface area contributed by atoms with Gasteiger partial charge in [-0.25, -0.2) is 4.39 Å². The lowest BCUT2D eigenvalue weighted by atomic mass is 10.2. The number of halogens is 1. The van der Waals surface area contributed by atoms with Crippen molar-refractivity contribution in [3.8, 4) is 0 Å². The van der Waals surface area contributed by atoms with Gasteiger partial charge in [-0.2, -0.15) is 0 Å². The van der Waals surface area contributed by atoms with Crippen LogP contribution in [0, 0.1) is 5.82 Å². The summed E-state index contributed by atoms with van der Waals surface area (Å²) in [6.45, 7) is 6.33. The van der Waals surface area contributed by atoms with Crippen LogP contribution in [-0.2, 0) is 6.54 Å². The fourth-order valence-electron chi connectivity index (χ4n) is 2.47. The first-order chi connectivity index (χ1) is 8.29. The van der Waals surface area contributed by atoms with Gasteiger partial charge in [0.2, 0.25) is 0 Å². The van der Waals surface area contributed by atoms with Gasteiger partial charge < -0.3 is 5.32 Å². The average molecular weight is 236 g/mol. The molecule has 1 saturated heterocycles. The van der Waals surface area contributed by atoms with E-state index < -0.39 is 0 Å². The van der Waals surface area contributed by atoms with Crippen LogP contribution in [0.25, 0.3) is 0 Å². The number of hydrogen-bond donors (Lipinski definition) is 1. The Morgan fingerprint density at radius 3 is 2.82 bits per heavy atom. The molecule has 1 fully saturated rings. The number of likely N-dealkylation sites (N-methyl/N-ethyl adjacent to an activating group) is 1. The maximum Gasteiger partial charge on any atom is 0.123 e. The monoisotopic (exact) mass is 236 g/mol. The first-order valence-corrected chi connectivity index (χ1v) is 6.49. The van der Waals surface area contributed by atoms with Crippen molar-refractivity contribution in [2.24, 2.45) is 0 Å². The van der Waals surface area contributed by atoms with Gasteiger partial charge in [-0.1, -0.05) is 19.1 Å². The van der Waals surface area contributed by atoms with E-state index in [1.165, 1.54) is 18.4 Å². The molecule has 0 saturated carbocycles. The van der Waals surface area contributed by atoms with Crippen molar-refractivity contribution in [3.63, 3.8) is 0 Å². The van der Waals surface area contributed by atoms with E-state index in [0.29, 0.717) is 6.04 Å². The molecule has 1 aromatic carbocycles. The van der Waals surface area contributed by atoms with Crippen molar-refractivity contribution in [1.82, 2.24) is 10.2 Å². The van der Waals surface area contributed by atoms with Gasteiger partial charge in [0.1, 0.15) is 5.82 Å². The molecule has 0 bridgehead atoms. The van der Waals surface area contributed by atoms with Crippen LogP contribution in [-0.4, -0.2) is 30.6 Å². The Bertz CT molecular complexity index is 337. The Morgan fingerprint density at radius 2 is 2.12 bits per heavy atom. The second kappa shape index (κ2) is 6.12. The number of benzene rings is 1. The van der Waals surface area contributed by atoms with Crippen molar-refractivity contribution in [3.05, 3.63) is 35.6 Å². The smallest absolute Gasteiger partial charge is 0.123 e. The zero-order valence-electron chi connectivity index (χ0n) is 10.5. The maximum atomic E-state index is 12.8. The van der Waals surface area contributed by atoms with Gasteiger partial charge in [0.05, 0.1) is 0 Å². The van der Waals surface area contributed by atoms with Crippen molar-refractivity contribution in [2.75, 3.05) is 19.6 Å². The highest BCUT2D eigenvalue weighted by molar-refractivity contribution is 5.16. The van der Waals surface area contributed by atoms with E-state index in [4.69, 9.17) is 0 Å². The second-order valence-corrected chi connectivity index (χ2v) is 4.70. The van der Waals surface area contributed by atoms with Crippen LogP contribution in [0.15, 0.2) is 24.3 Å². The lowest BCUT2D eigenvalue weighted by Gasteiger charge is -2.24. The number of nitrogens with one attached hydrogen (secondary N) is 1. The summed E-state index contributed by atoms with van der Waals surface area (Å²) in [6.07, 6.45) is 2.55. The Balaban J connectivity index is 1.90. The summed E-state index contributed by atoms with van der Waals surface area (Å²) in [5.41, 5.74) is 1.20. The number of hydrogen-bond acceptors (Lipinski definition) is 2. The van der Waals surface area contributed by atoms with Crippen LogP contribution < -0.4 is 5.32 Å². The van der Waals surface area contributed by atoms with E-state index in [-0.39, 0.29) is 5.82 Å². The largest absolute Gasteiger partial charge is 0.315 e. The lowest BCUT2D eigenvalue weighted by molar-refractivity contribution is 0.240. The lowest BCUT2D eigenvalue weighted by Crippen LogP contribution is -2.37. The third kappa shape index (κ3) is 3.51. The highest BCUT2D eigenvalue weighted by Gasteiger charge is 2.23. The van der Waals surface area contributed by atoms with Gasteiger partial charge >= 0.3 is 0 Å². The molecule has 0 amide bonds. The zero-order valence-corrected chi connectivity index (χ0v) is 10.5. The van der Waals surface area contributed by atoms with Gasteiger partial charge in [0, 0.05) is 19.1 Å². The maximum absolute atomic E-state index is 12.8. The van der Waals surface area contributed by atoms with Crippen LogP contribution >= 0.6 is 0 Å². The van der Waals surface area contributed by atoms with Gasteiger partial charge in [-0.3, -0.25) is 4.90 Å². The fraction of sp³-hybridized carbons (Fsp3) is 0.571. The molecule has 1 unspecified atom stereocenters. The molecule has 3 heteroatoms. The molecule has 94 valence electrons. The molecule has 0 aliphatic carbocycles. The highest BCUT2D eigenvalue weighted by atomic mass is 19.1. The van der Waals surface area contributed by atoms with Crippen molar-refractivity contribution in [1.29, 1.82) is 0 Å². The SMILES string of the molecule is CCNCC1CCCN1Cc1ccc(F)cc1. The van der Waals surface area contributed by atoms with Gasteiger partial charge in [0.25, 0.3) is 0 Å². The molecule has 0 aromatic heterocycles. The van der Waals surface area contributed by atoms with E-state index >= 15 is 0 Å². The first kappa shape index (κ1) is 12.5. The number of rotatable bonds is 5. The van der Waals surface area contributed by atoms with Crippen molar-refractivity contribution < 1.29 is 4.39 Å². The summed E-state index contributed by atoms with van der Waals surface area (Å²) in [7, 11) is 0. The number of likely N-dealkylation sites (tertiary alicyclic amines) is 1. The van der Waals surface area contributed by atoms with E-state index in [0.717, 1.165) is 26.2 Å². The Kier molecular flexibility index (Phi) is 4.51. The molecule has 0 radical (unpaired) electrons. The van der Waals surface area contributed by atoms with E-state index in [1.807, 2.05) is 12.1 Å². The van der Waals surface area contributed by atoms with Gasteiger partial charge in [0.15, 0.2) is 0 Å². The van der Waals surface area contributed by atoms with Gasteiger partial charge in [-0.05, 0) is 43.6 Å². The molecule has 17 heavy (non-hydrogen) atoms. The fourth-order valence-corrected chi connectivity index (χ4v) is 2.47. The summed E-state index contributed by atoms with van der Waals surface area (Å²) in [5, 5.41) is 3.41. The molecule has 2 nitrogen and oxygen atoms in total. The first-order valence-electron chi connectivity index (χ1n) is 6.49. The zero-order chi connectivity index (χ0) is 12.1. The van der Waals surface area contributed by atoms with Crippen LogP contribution in [0.3, 0.4) is 0 Å². The third-order valence-corrected chi connectivity index (χ3v) is 3.43. The average Bonchev–Trinajstić information content (AvgIpc) is 2.77. The molecule has 1 heterocycles. The predicted molar refractivity (Wildman–Crippen MR) is 68.4 cm³/mol. The molecule has 1 aliphatic heterocycles. The van der Waals surface area contributed by atoms with E-state index in [2.05, 4.69) is 17.1 Å². The topological polar surface area (TPSA) is 15.3 Å². The van der Waals surface area contributed by atoms with Crippen molar-refractivity contribution >= 4 is 0 Å². The van der Waals surface area contributed by atoms with Gasteiger partial charge in [-0.15, -0.1) is 0 Å². The Hall–Kier alpha value is -0.930. The normalized spacial score (nSPS) is 20.9. The third-order valence-electron chi connectivity index (χ3n) is 3.43. The minimum atomic E-state index is -0.153. The second-order valence-electron chi connectivity index (χ2n) is 4.70. The Labute approximate surface area is 103 Å². The molecule has 0 spiro atoms. The van der Waals surface area contributed by atoms with Crippen LogP contribution in [0.2, 0.25) is 0 Å². The Morgan fingerprint density at radius 1 is 1.35 bits per heavy atom. The summed E-state index contributed by atoms with van der Waals surface area (Å²) in [4.78, 5) is 2.50. The van der Waals surface area contributed by atoms with Crippen LogP contribution in [0.5, 0.6) is 0 Å². The molecular weight excluding hydrogens is 215 g/mol. The van der Waals surface area contributed by atoms with E-state index in [1.54, 1.807) is 12.1 Å². The standard InChI is InChI=1S/C14H21FN2/c1-2-16-10-14-4-3-9-17(14)11-12-5-7-13(15)8-6-12/h5-8,14,16H,2-4,9-11H2,1H3. The summed E-state index contributed by atoms with van der Waals surface area (Å²) in [6, 6.07) is 7.51. The van der Waals surface area contributed by atoms with Crippen molar-refractivity contribution in [2.45, 2.75) is 32.4 Å². The van der Waals surface area contributed by atoms with Crippen LogP contribution in [0.4, 0.5) is 4.39 Å².